The van der Waals surface area contributed by atoms with Crippen LogP contribution in [0.25, 0.3) is 22.1 Å². The summed E-state index contributed by atoms with van der Waals surface area (Å²) in [6, 6.07) is 3.55. The zero-order valence-electron chi connectivity index (χ0n) is 16.7. The van der Waals surface area contributed by atoms with E-state index < -0.39 is 0 Å². The van der Waals surface area contributed by atoms with Crippen molar-refractivity contribution in [3.63, 3.8) is 0 Å². The lowest BCUT2D eigenvalue weighted by Gasteiger charge is -2.37. The molecule has 6 nitrogen and oxygen atoms in total. The summed E-state index contributed by atoms with van der Waals surface area (Å²) in [5, 5.41) is 4.17. The molecule has 3 heterocycles. The number of aryl methyl sites for hydroxylation is 1. The van der Waals surface area contributed by atoms with Gasteiger partial charge in [0.15, 0.2) is 11.4 Å². The van der Waals surface area contributed by atoms with Gasteiger partial charge < -0.3 is 13.8 Å². The number of anilines is 1. The molecule has 0 aliphatic carbocycles. The first-order valence-electron chi connectivity index (χ1n) is 9.54. The average Bonchev–Trinajstić information content (AvgIpc) is 3.15. The van der Waals surface area contributed by atoms with E-state index in [1.807, 2.05) is 6.92 Å². The van der Waals surface area contributed by atoms with E-state index in [1.165, 1.54) is 19.4 Å². The van der Waals surface area contributed by atoms with Gasteiger partial charge in [-0.2, -0.15) is 0 Å². The second kappa shape index (κ2) is 6.62. The molecule has 0 saturated carbocycles. The molecular weight excluding hydrogens is 356 g/mol. The van der Waals surface area contributed by atoms with Crippen LogP contribution < -0.4 is 10.3 Å². The molecule has 0 amide bonds. The highest BCUT2D eigenvalue weighted by molar-refractivity contribution is 6.06. The quantitative estimate of drug-likeness (QED) is 0.619. The molecule has 1 aromatic carbocycles. The number of Topliss-reactive ketones (excluding diaryl/α,β-unsaturated/α-hetero) is 1. The molecule has 0 unspecified atom stereocenters. The van der Waals surface area contributed by atoms with Gasteiger partial charge in [-0.3, -0.25) is 9.59 Å². The Kier molecular flexibility index (Phi) is 4.37. The number of hydrogen-bond donors (Lipinski definition) is 0. The third-order valence-electron chi connectivity index (χ3n) is 5.62. The van der Waals surface area contributed by atoms with Crippen molar-refractivity contribution < 1.29 is 13.7 Å². The number of carbonyl (C=O) groups is 1. The van der Waals surface area contributed by atoms with E-state index in [2.05, 4.69) is 23.9 Å². The Bertz CT molecular complexity index is 1100. The molecule has 1 saturated heterocycles. The maximum absolute atomic E-state index is 13.5. The van der Waals surface area contributed by atoms with Gasteiger partial charge >= 0.3 is 0 Å². The normalized spacial score (nSPS) is 16.5. The highest BCUT2D eigenvalue weighted by Crippen LogP contribution is 2.37. The van der Waals surface area contributed by atoms with Crippen LogP contribution in [0.4, 0.5) is 5.88 Å². The maximum atomic E-state index is 13.5. The van der Waals surface area contributed by atoms with Crippen LogP contribution in [0, 0.1) is 12.3 Å². The summed E-state index contributed by atoms with van der Waals surface area (Å²) < 4.78 is 11.3. The average molecular weight is 380 g/mol. The lowest BCUT2D eigenvalue weighted by Crippen LogP contribution is -2.38. The first-order chi connectivity index (χ1) is 13.3. The summed E-state index contributed by atoms with van der Waals surface area (Å²) in [5.41, 5.74) is 2.73. The predicted molar refractivity (Wildman–Crippen MR) is 108 cm³/mol. The maximum Gasteiger partial charge on any atom is 0.208 e. The first-order valence-corrected chi connectivity index (χ1v) is 9.54. The Balaban J connectivity index is 2.00. The largest absolute Gasteiger partial charge is 0.439 e. The van der Waals surface area contributed by atoms with Crippen molar-refractivity contribution in [2.24, 2.45) is 5.41 Å². The predicted octanol–water partition coefficient (Wildman–Crippen LogP) is 4.59. The van der Waals surface area contributed by atoms with Gasteiger partial charge in [-0.15, -0.1) is 0 Å². The summed E-state index contributed by atoms with van der Waals surface area (Å²) >= 11 is 0. The van der Waals surface area contributed by atoms with Gasteiger partial charge in [-0.1, -0.05) is 19.0 Å². The fraction of sp³-hybridized carbons (Fsp3) is 0.409. The summed E-state index contributed by atoms with van der Waals surface area (Å²) in [7, 11) is 0. The number of rotatable bonds is 3. The molecule has 0 atom stereocenters. The monoisotopic (exact) mass is 380 g/mol. The molecule has 28 heavy (non-hydrogen) atoms. The number of carbonyl (C=O) groups excluding carboxylic acids is 1. The van der Waals surface area contributed by atoms with Gasteiger partial charge in [0.2, 0.25) is 11.3 Å². The minimum atomic E-state index is -0.171. The van der Waals surface area contributed by atoms with Crippen molar-refractivity contribution in [1.82, 2.24) is 5.16 Å². The van der Waals surface area contributed by atoms with Gasteiger partial charge in [-0.25, -0.2) is 0 Å². The Morgan fingerprint density at radius 1 is 1.21 bits per heavy atom. The highest BCUT2D eigenvalue weighted by atomic mass is 16.5. The summed E-state index contributed by atoms with van der Waals surface area (Å²) in [5.74, 6) is 0.364. The van der Waals surface area contributed by atoms with E-state index in [-0.39, 0.29) is 16.6 Å². The van der Waals surface area contributed by atoms with Crippen molar-refractivity contribution in [1.29, 1.82) is 0 Å². The van der Waals surface area contributed by atoms with Gasteiger partial charge in [0.25, 0.3) is 0 Å². The van der Waals surface area contributed by atoms with Gasteiger partial charge in [-0.05, 0) is 49.8 Å². The molecule has 6 heteroatoms. The lowest BCUT2D eigenvalue weighted by atomic mass is 9.82. The SMILES string of the molecule is CC(=O)c1cc(C)cc2c(=O)c(-c3cnoc3)c(N3CCC(C)(C)CC3)oc12. The molecule has 0 spiro atoms. The molecule has 146 valence electrons. The summed E-state index contributed by atoms with van der Waals surface area (Å²) in [6.45, 7) is 9.41. The van der Waals surface area contributed by atoms with Crippen molar-refractivity contribution in [2.75, 3.05) is 18.0 Å². The molecule has 3 aromatic rings. The molecule has 0 bridgehead atoms. The number of aromatic nitrogens is 1. The highest BCUT2D eigenvalue weighted by Gasteiger charge is 2.30. The van der Waals surface area contributed by atoms with Crippen LogP contribution in [0.2, 0.25) is 0 Å². The number of ketones is 1. The molecule has 0 N–H and O–H groups in total. The van der Waals surface area contributed by atoms with Crippen LogP contribution in [0.5, 0.6) is 0 Å². The number of piperidine rings is 1. The van der Waals surface area contributed by atoms with Crippen LogP contribution in [0.1, 0.15) is 49.5 Å². The van der Waals surface area contributed by atoms with E-state index >= 15 is 0 Å². The third kappa shape index (κ3) is 3.13. The van der Waals surface area contributed by atoms with E-state index in [4.69, 9.17) is 8.94 Å². The zero-order valence-corrected chi connectivity index (χ0v) is 16.7. The molecule has 4 rings (SSSR count). The Morgan fingerprint density at radius 2 is 1.93 bits per heavy atom. The van der Waals surface area contributed by atoms with Crippen molar-refractivity contribution in [3.05, 3.63) is 45.9 Å². The number of fused-ring (bicyclic) bond motifs is 1. The summed E-state index contributed by atoms with van der Waals surface area (Å²) in [6.07, 6.45) is 4.96. The topological polar surface area (TPSA) is 76.6 Å². The second-order valence-electron chi connectivity index (χ2n) is 8.42. The van der Waals surface area contributed by atoms with E-state index in [1.54, 1.807) is 12.1 Å². The van der Waals surface area contributed by atoms with Crippen LogP contribution in [0.3, 0.4) is 0 Å². The van der Waals surface area contributed by atoms with Crippen LogP contribution in [-0.2, 0) is 0 Å². The Labute approximate surface area is 163 Å². The van der Waals surface area contributed by atoms with Gasteiger partial charge in [0.1, 0.15) is 6.26 Å². The van der Waals surface area contributed by atoms with Gasteiger partial charge in [0.05, 0.1) is 28.3 Å². The molecule has 1 aliphatic heterocycles. The van der Waals surface area contributed by atoms with Crippen LogP contribution in [-0.4, -0.2) is 24.0 Å². The van der Waals surface area contributed by atoms with Gasteiger partial charge in [0, 0.05) is 13.1 Å². The Morgan fingerprint density at radius 3 is 2.54 bits per heavy atom. The van der Waals surface area contributed by atoms with E-state index in [9.17, 15) is 9.59 Å². The fourth-order valence-corrected chi connectivity index (χ4v) is 3.81. The summed E-state index contributed by atoms with van der Waals surface area (Å²) in [4.78, 5) is 27.8. The molecule has 1 aliphatic rings. The van der Waals surface area contributed by atoms with E-state index in [0.717, 1.165) is 31.5 Å². The third-order valence-corrected chi connectivity index (χ3v) is 5.62. The van der Waals surface area contributed by atoms with Crippen molar-refractivity contribution >= 4 is 22.6 Å². The first kappa shape index (κ1) is 18.5. The van der Waals surface area contributed by atoms with Crippen LogP contribution >= 0.6 is 0 Å². The minimum absolute atomic E-state index is 0.125. The molecule has 0 radical (unpaired) electrons. The van der Waals surface area contributed by atoms with Crippen molar-refractivity contribution in [2.45, 2.75) is 40.5 Å². The molecule has 1 fully saturated rings. The van der Waals surface area contributed by atoms with Crippen LogP contribution in [0.15, 0.2) is 38.3 Å². The lowest BCUT2D eigenvalue weighted by molar-refractivity contribution is 0.101. The second-order valence-corrected chi connectivity index (χ2v) is 8.42. The Hall–Kier alpha value is -2.89. The van der Waals surface area contributed by atoms with Crippen molar-refractivity contribution in [3.8, 4) is 11.1 Å². The minimum Gasteiger partial charge on any atom is -0.439 e. The molecular formula is C22H24N2O4. The number of benzene rings is 1. The molecule has 2 aromatic heterocycles. The fourth-order valence-electron chi connectivity index (χ4n) is 3.81. The number of hydrogen-bond acceptors (Lipinski definition) is 6. The smallest absolute Gasteiger partial charge is 0.208 e. The van der Waals surface area contributed by atoms with E-state index in [0.29, 0.717) is 33.5 Å². The standard InChI is InChI=1S/C22H24N2O4/c1-13-9-16(14(2)25)20-17(10-13)19(26)18(15-11-23-27-12-15)21(28-20)24-7-5-22(3,4)6-8-24/h9-12H,5-8H2,1-4H3. The zero-order chi connectivity index (χ0) is 20.1. The number of nitrogens with zero attached hydrogens (tertiary/aromatic N) is 2.